The SMILES string of the molecule is c1ccc(-c2cc(-c3ncncn3)cc(-c3ncncn3)c2)c(Sc2ccccc2-c2cc(-c3ncncn3)cc(-c3ncncn3)c2)c1. The predicted molar refractivity (Wildman–Crippen MR) is 183 cm³/mol. The first-order valence-electron chi connectivity index (χ1n) is 14.9. The number of nitrogens with zero attached hydrogens (tertiary/aromatic N) is 12. The van der Waals surface area contributed by atoms with Crippen LogP contribution >= 0.6 is 11.8 Å². The Bertz CT molecular complexity index is 2080. The second-order valence-corrected chi connectivity index (χ2v) is 11.6. The Hall–Kier alpha value is -6.73. The maximum absolute atomic E-state index is 4.41. The fourth-order valence-electron chi connectivity index (χ4n) is 5.34. The monoisotopic (exact) mass is 654 g/mol. The largest absolute Gasteiger partial charge is 0.225 e. The molecule has 13 heteroatoms. The highest BCUT2D eigenvalue weighted by atomic mass is 32.2. The molecule has 12 nitrogen and oxygen atoms in total. The van der Waals surface area contributed by atoms with Gasteiger partial charge in [-0.05, 0) is 70.8 Å². The molecule has 0 aliphatic rings. The smallest absolute Gasteiger partial charge is 0.162 e. The van der Waals surface area contributed by atoms with Gasteiger partial charge in [0.15, 0.2) is 23.3 Å². The van der Waals surface area contributed by atoms with Crippen molar-refractivity contribution in [3.05, 3.63) is 136 Å². The maximum Gasteiger partial charge on any atom is 0.162 e. The Morgan fingerprint density at radius 2 is 0.571 bits per heavy atom. The number of hydrogen-bond donors (Lipinski definition) is 0. The molecule has 0 bridgehead atoms. The van der Waals surface area contributed by atoms with Gasteiger partial charge in [-0.1, -0.05) is 48.2 Å². The standard InChI is InChI=1S/C36H22N12S/c1-3-7-31(29(5-1)23-9-25(33-41-15-37-16-42-33)13-26(10-23)34-43-17-38-18-44-34)49-32-8-4-2-6-30(32)24-11-27(35-45-19-39-20-46-35)14-28(12-24)36-47-21-40-22-48-36/h1-22H. The van der Waals surface area contributed by atoms with E-state index in [0.29, 0.717) is 23.3 Å². The van der Waals surface area contributed by atoms with Crippen LogP contribution in [0.1, 0.15) is 0 Å². The van der Waals surface area contributed by atoms with Gasteiger partial charge in [-0.2, -0.15) is 0 Å². The lowest BCUT2D eigenvalue weighted by atomic mass is 9.98. The minimum Gasteiger partial charge on any atom is -0.225 e. The van der Waals surface area contributed by atoms with Crippen LogP contribution in [-0.2, 0) is 0 Å². The van der Waals surface area contributed by atoms with Crippen LogP contribution < -0.4 is 0 Å². The molecule has 4 aromatic heterocycles. The third-order valence-electron chi connectivity index (χ3n) is 7.49. The van der Waals surface area contributed by atoms with Crippen molar-refractivity contribution in [3.8, 4) is 67.8 Å². The molecule has 0 radical (unpaired) electrons. The Morgan fingerprint density at radius 1 is 0.306 bits per heavy atom. The summed E-state index contributed by atoms with van der Waals surface area (Å²) in [7, 11) is 0. The molecule has 0 atom stereocenters. The molecular weight excluding hydrogens is 633 g/mol. The minimum absolute atomic E-state index is 0.551. The molecule has 0 aliphatic heterocycles. The van der Waals surface area contributed by atoms with Crippen LogP contribution in [0.4, 0.5) is 0 Å². The van der Waals surface area contributed by atoms with Gasteiger partial charge in [-0.15, -0.1) is 0 Å². The van der Waals surface area contributed by atoms with Gasteiger partial charge in [0.1, 0.15) is 50.6 Å². The summed E-state index contributed by atoms with van der Waals surface area (Å²) in [6.07, 6.45) is 11.9. The van der Waals surface area contributed by atoms with Gasteiger partial charge in [0.2, 0.25) is 0 Å². The van der Waals surface area contributed by atoms with Crippen LogP contribution in [0.15, 0.2) is 145 Å². The molecule has 4 aromatic carbocycles. The molecule has 4 heterocycles. The molecular formula is C36H22N12S. The molecule has 0 fully saturated rings. The van der Waals surface area contributed by atoms with Crippen molar-refractivity contribution in [2.75, 3.05) is 0 Å². The van der Waals surface area contributed by atoms with Crippen molar-refractivity contribution >= 4 is 11.8 Å². The molecule has 0 N–H and O–H groups in total. The number of hydrogen-bond acceptors (Lipinski definition) is 13. The first kappa shape index (κ1) is 29.7. The van der Waals surface area contributed by atoms with Gasteiger partial charge in [-0.3, -0.25) is 0 Å². The van der Waals surface area contributed by atoms with E-state index in [1.165, 1.54) is 50.6 Å². The summed E-state index contributed by atoms with van der Waals surface area (Å²) < 4.78 is 0. The van der Waals surface area contributed by atoms with Crippen molar-refractivity contribution in [3.63, 3.8) is 0 Å². The van der Waals surface area contributed by atoms with Crippen LogP contribution in [0.3, 0.4) is 0 Å². The molecule has 0 amide bonds. The van der Waals surface area contributed by atoms with E-state index in [-0.39, 0.29) is 0 Å². The van der Waals surface area contributed by atoms with E-state index in [9.17, 15) is 0 Å². The van der Waals surface area contributed by atoms with Gasteiger partial charge in [0.25, 0.3) is 0 Å². The second-order valence-electron chi connectivity index (χ2n) is 10.5. The summed E-state index contributed by atoms with van der Waals surface area (Å²) in [6.45, 7) is 0. The van der Waals surface area contributed by atoms with Crippen molar-refractivity contribution in [2.45, 2.75) is 9.79 Å². The lowest BCUT2D eigenvalue weighted by molar-refractivity contribution is 1.05. The van der Waals surface area contributed by atoms with Crippen molar-refractivity contribution in [1.82, 2.24) is 59.8 Å². The average molecular weight is 655 g/mol. The van der Waals surface area contributed by atoms with Gasteiger partial charge < -0.3 is 0 Å². The van der Waals surface area contributed by atoms with Crippen LogP contribution in [0, 0.1) is 0 Å². The maximum atomic E-state index is 4.41. The molecule has 0 saturated carbocycles. The molecule has 8 rings (SSSR count). The van der Waals surface area contributed by atoms with Crippen molar-refractivity contribution in [2.24, 2.45) is 0 Å². The quantitative estimate of drug-likeness (QED) is 0.173. The third-order valence-corrected chi connectivity index (χ3v) is 8.64. The molecule has 0 aliphatic carbocycles. The molecule has 0 spiro atoms. The predicted octanol–water partition coefficient (Wildman–Crippen LogP) is 6.58. The summed E-state index contributed by atoms with van der Waals surface area (Å²) in [4.78, 5) is 53.3. The fraction of sp³-hybridized carbons (Fsp3) is 0. The van der Waals surface area contributed by atoms with Crippen LogP contribution in [0.2, 0.25) is 0 Å². The van der Waals surface area contributed by atoms with Gasteiger partial charge in [-0.25, -0.2) is 59.8 Å². The minimum atomic E-state index is 0.551. The summed E-state index contributed by atoms with van der Waals surface area (Å²) in [5.41, 5.74) is 7.24. The first-order chi connectivity index (χ1) is 24.3. The zero-order valence-electron chi connectivity index (χ0n) is 25.5. The van der Waals surface area contributed by atoms with Crippen molar-refractivity contribution in [1.29, 1.82) is 0 Å². The summed E-state index contributed by atoms with van der Waals surface area (Å²) in [6, 6.07) is 28.8. The van der Waals surface area contributed by atoms with E-state index < -0.39 is 0 Å². The van der Waals surface area contributed by atoms with Crippen molar-refractivity contribution < 1.29 is 0 Å². The molecule has 232 valence electrons. The summed E-state index contributed by atoms with van der Waals surface area (Å²) in [5.74, 6) is 2.20. The Morgan fingerprint density at radius 3 is 0.878 bits per heavy atom. The Kier molecular flexibility index (Phi) is 8.20. The van der Waals surface area contributed by atoms with Gasteiger partial charge in [0.05, 0.1) is 0 Å². The first-order valence-corrected chi connectivity index (χ1v) is 15.8. The van der Waals surface area contributed by atoms with E-state index >= 15 is 0 Å². The van der Waals surface area contributed by atoms with Crippen LogP contribution in [-0.4, -0.2) is 59.8 Å². The number of rotatable bonds is 8. The third kappa shape index (κ3) is 6.46. The van der Waals surface area contributed by atoms with Crippen LogP contribution in [0.5, 0.6) is 0 Å². The number of aromatic nitrogens is 12. The second kappa shape index (κ2) is 13.6. The summed E-state index contributed by atoms with van der Waals surface area (Å²) >= 11 is 1.67. The molecule has 49 heavy (non-hydrogen) atoms. The lowest BCUT2D eigenvalue weighted by Crippen LogP contribution is -1.95. The highest BCUT2D eigenvalue weighted by Crippen LogP contribution is 2.43. The highest BCUT2D eigenvalue weighted by Gasteiger charge is 2.17. The van der Waals surface area contributed by atoms with E-state index in [2.05, 4.69) is 108 Å². The topological polar surface area (TPSA) is 155 Å². The van der Waals surface area contributed by atoms with Gasteiger partial charge >= 0.3 is 0 Å². The highest BCUT2D eigenvalue weighted by molar-refractivity contribution is 7.99. The van der Waals surface area contributed by atoms with E-state index in [0.717, 1.165) is 54.3 Å². The fourth-order valence-corrected chi connectivity index (χ4v) is 6.46. The van der Waals surface area contributed by atoms with E-state index in [1.807, 2.05) is 36.4 Å². The Labute approximate surface area is 284 Å². The molecule has 0 unspecified atom stereocenters. The normalized spacial score (nSPS) is 10.9. The van der Waals surface area contributed by atoms with Gasteiger partial charge in [0, 0.05) is 32.0 Å². The summed E-state index contributed by atoms with van der Waals surface area (Å²) in [5, 5.41) is 0. The van der Waals surface area contributed by atoms with E-state index in [1.54, 1.807) is 11.8 Å². The zero-order chi connectivity index (χ0) is 32.8. The van der Waals surface area contributed by atoms with E-state index in [4.69, 9.17) is 0 Å². The average Bonchev–Trinajstić information content (AvgIpc) is 3.19. The van der Waals surface area contributed by atoms with Crippen LogP contribution in [0.25, 0.3) is 67.8 Å². The Balaban J connectivity index is 1.24. The molecule has 8 aromatic rings. The lowest BCUT2D eigenvalue weighted by Gasteiger charge is -2.15. The number of benzene rings is 4. The zero-order valence-corrected chi connectivity index (χ0v) is 26.3. The molecule has 0 saturated heterocycles.